The highest BCUT2D eigenvalue weighted by molar-refractivity contribution is 7.14. The summed E-state index contributed by atoms with van der Waals surface area (Å²) in [6.07, 6.45) is 4.18. The second-order valence-corrected chi connectivity index (χ2v) is 7.59. The lowest BCUT2D eigenvalue weighted by Crippen LogP contribution is -2.12. The molecule has 0 aliphatic heterocycles. The number of thiazole rings is 1. The van der Waals surface area contributed by atoms with Crippen LogP contribution in [0, 0.1) is 6.92 Å². The zero-order valence-electron chi connectivity index (χ0n) is 16.5. The molecule has 0 bridgehead atoms. The number of benzene rings is 1. The topological polar surface area (TPSA) is 94.3 Å². The smallest absolute Gasteiger partial charge is 0.336 e. The van der Waals surface area contributed by atoms with Gasteiger partial charge in [0.2, 0.25) is 5.91 Å². The number of nitrogens with one attached hydrogen (secondary N) is 1. The van der Waals surface area contributed by atoms with Gasteiger partial charge >= 0.3 is 5.63 Å². The predicted octanol–water partition coefficient (Wildman–Crippen LogP) is 4.20. The van der Waals surface area contributed by atoms with Crippen molar-refractivity contribution >= 4 is 33.3 Å². The molecule has 30 heavy (non-hydrogen) atoms. The van der Waals surface area contributed by atoms with E-state index in [1.807, 2.05) is 30.5 Å². The number of pyridine rings is 1. The average Bonchev–Trinajstić information content (AvgIpc) is 3.20. The van der Waals surface area contributed by atoms with Gasteiger partial charge in [0, 0.05) is 47.3 Å². The minimum absolute atomic E-state index is 0.138. The molecule has 0 radical (unpaired) electrons. The Labute approximate surface area is 176 Å². The lowest BCUT2D eigenvalue weighted by Gasteiger charge is -2.11. The Bertz CT molecular complexity index is 1260. The SMILES string of the molecule is COc1cc2oc(=O)cc(C)c2cc1CCC(=O)Nc1nc(-c2cccnc2)cs1. The van der Waals surface area contributed by atoms with Crippen molar-refractivity contribution in [2.75, 3.05) is 12.4 Å². The quantitative estimate of drug-likeness (QED) is 0.469. The van der Waals surface area contributed by atoms with Crippen LogP contribution in [0.1, 0.15) is 17.5 Å². The van der Waals surface area contributed by atoms with Crippen LogP contribution in [-0.4, -0.2) is 23.0 Å². The van der Waals surface area contributed by atoms with Crippen molar-refractivity contribution in [2.24, 2.45) is 0 Å². The van der Waals surface area contributed by atoms with Crippen LogP contribution < -0.4 is 15.7 Å². The Morgan fingerprint density at radius 2 is 2.17 bits per heavy atom. The molecule has 7 nitrogen and oxygen atoms in total. The number of amides is 1. The number of nitrogens with zero attached hydrogens (tertiary/aromatic N) is 2. The fraction of sp³-hybridized carbons (Fsp3) is 0.182. The van der Waals surface area contributed by atoms with Crippen LogP contribution in [0.25, 0.3) is 22.2 Å². The van der Waals surface area contributed by atoms with Gasteiger partial charge < -0.3 is 14.5 Å². The Hall–Kier alpha value is -3.52. The van der Waals surface area contributed by atoms with Gasteiger partial charge in [0.15, 0.2) is 5.13 Å². The molecule has 3 heterocycles. The zero-order chi connectivity index (χ0) is 21.1. The maximum absolute atomic E-state index is 12.4. The summed E-state index contributed by atoms with van der Waals surface area (Å²) in [5, 5.41) is 6.10. The molecule has 4 aromatic rings. The van der Waals surface area contributed by atoms with Gasteiger partial charge in [-0.3, -0.25) is 9.78 Å². The summed E-state index contributed by atoms with van der Waals surface area (Å²) >= 11 is 1.37. The lowest BCUT2D eigenvalue weighted by molar-refractivity contribution is -0.116. The summed E-state index contributed by atoms with van der Waals surface area (Å²) < 4.78 is 10.7. The van der Waals surface area contributed by atoms with E-state index in [1.54, 1.807) is 25.6 Å². The average molecular weight is 421 g/mol. The van der Waals surface area contributed by atoms with E-state index < -0.39 is 5.63 Å². The third-order valence-electron chi connectivity index (χ3n) is 4.68. The molecule has 0 saturated heterocycles. The highest BCUT2D eigenvalue weighted by Crippen LogP contribution is 2.28. The van der Waals surface area contributed by atoms with Crippen LogP contribution in [0.4, 0.5) is 5.13 Å². The number of hydrogen-bond acceptors (Lipinski definition) is 7. The number of anilines is 1. The van der Waals surface area contributed by atoms with E-state index in [2.05, 4.69) is 15.3 Å². The molecular formula is C22H19N3O4S. The second-order valence-electron chi connectivity index (χ2n) is 6.74. The highest BCUT2D eigenvalue weighted by Gasteiger charge is 2.13. The van der Waals surface area contributed by atoms with Gasteiger partial charge in [-0.15, -0.1) is 11.3 Å². The van der Waals surface area contributed by atoms with Crippen molar-refractivity contribution in [3.8, 4) is 17.0 Å². The van der Waals surface area contributed by atoms with E-state index in [1.165, 1.54) is 17.4 Å². The minimum atomic E-state index is -0.400. The van der Waals surface area contributed by atoms with Gasteiger partial charge in [0.05, 0.1) is 12.8 Å². The van der Waals surface area contributed by atoms with E-state index in [0.29, 0.717) is 22.9 Å². The summed E-state index contributed by atoms with van der Waals surface area (Å²) in [7, 11) is 1.55. The summed E-state index contributed by atoms with van der Waals surface area (Å²) in [5.41, 5.74) is 3.43. The molecule has 0 atom stereocenters. The largest absolute Gasteiger partial charge is 0.496 e. The van der Waals surface area contributed by atoms with Crippen LogP contribution in [-0.2, 0) is 11.2 Å². The van der Waals surface area contributed by atoms with Crippen molar-refractivity contribution in [2.45, 2.75) is 19.8 Å². The lowest BCUT2D eigenvalue weighted by atomic mass is 10.0. The van der Waals surface area contributed by atoms with E-state index >= 15 is 0 Å². The van der Waals surface area contributed by atoms with Crippen LogP contribution in [0.3, 0.4) is 0 Å². The van der Waals surface area contributed by atoms with Gasteiger partial charge in [0.1, 0.15) is 11.3 Å². The Balaban J connectivity index is 1.47. The number of carbonyl (C=O) groups excluding carboxylic acids is 1. The van der Waals surface area contributed by atoms with Crippen LogP contribution >= 0.6 is 11.3 Å². The summed E-state index contributed by atoms with van der Waals surface area (Å²) in [4.78, 5) is 32.6. The van der Waals surface area contributed by atoms with Gasteiger partial charge in [-0.1, -0.05) is 0 Å². The van der Waals surface area contributed by atoms with Gasteiger partial charge in [0.25, 0.3) is 0 Å². The maximum atomic E-state index is 12.4. The van der Waals surface area contributed by atoms with Crippen LogP contribution in [0.5, 0.6) is 5.75 Å². The molecule has 0 unspecified atom stereocenters. The molecule has 1 amide bonds. The molecule has 3 aromatic heterocycles. The molecule has 0 aliphatic carbocycles. The van der Waals surface area contributed by atoms with Gasteiger partial charge in [-0.05, 0) is 42.7 Å². The van der Waals surface area contributed by atoms with Crippen molar-refractivity contribution < 1.29 is 13.9 Å². The van der Waals surface area contributed by atoms with Crippen molar-refractivity contribution in [1.29, 1.82) is 0 Å². The summed E-state index contributed by atoms with van der Waals surface area (Å²) in [6, 6.07) is 8.82. The molecule has 0 spiro atoms. The number of methoxy groups -OCH3 is 1. The van der Waals surface area contributed by atoms with Crippen molar-refractivity contribution in [3.05, 3.63) is 69.7 Å². The molecule has 1 aromatic carbocycles. The monoisotopic (exact) mass is 421 g/mol. The van der Waals surface area contributed by atoms with Crippen LogP contribution in [0.15, 0.2) is 57.3 Å². The van der Waals surface area contributed by atoms with Crippen molar-refractivity contribution in [1.82, 2.24) is 9.97 Å². The molecule has 0 aliphatic rings. The maximum Gasteiger partial charge on any atom is 0.336 e. The Morgan fingerprint density at radius 1 is 1.30 bits per heavy atom. The van der Waals surface area contributed by atoms with E-state index in [-0.39, 0.29) is 12.3 Å². The fourth-order valence-electron chi connectivity index (χ4n) is 3.18. The number of rotatable bonds is 6. The number of ether oxygens (including phenoxy) is 1. The number of fused-ring (bicyclic) bond motifs is 1. The number of aryl methyl sites for hydroxylation is 2. The first-order chi connectivity index (χ1) is 14.5. The summed E-state index contributed by atoms with van der Waals surface area (Å²) in [6.45, 7) is 1.85. The molecule has 0 saturated carbocycles. The zero-order valence-corrected chi connectivity index (χ0v) is 17.3. The number of hydrogen-bond donors (Lipinski definition) is 1. The first-order valence-electron chi connectivity index (χ1n) is 9.30. The van der Waals surface area contributed by atoms with Gasteiger partial charge in [-0.25, -0.2) is 9.78 Å². The Morgan fingerprint density at radius 3 is 2.93 bits per heavy atom. The first kappa shape index (κ1) is 19.8. The van der Waals surface area contributed by atoms with Crippen molar-refractivity contribution in [3.63, 3.8) is 0 Å². The van der Waals surface area contributed by atoms with E-state index in [4.69, 9.17) is 9.15 Å². The summed E-state index contributed by atoms with van der Waals surface area (Å²) in [5.74, 6) is 0.442. The van der Waals surface area contributed by atoms with E-state index in [0.717, 1.165) is 27.8 Å². The standard InChI is InChI=1S/C22H19N3O4S/c1-13-8-21(27)29-19-10-18(28-2)14(9-16(13)19)5-6-20(26)25-22-24-17(12-30-22)15-4-3-7-23-11-15/h3-4,7-12H,5-6H2,1-2H3,(H,24,25,26). The molecular weight excluding hydrogens is 402 g/mol. The first-order valence-corrected chi connectivity index (χ1v) is 10.2. The molecule has 4 rings (SSSR count). The predicted molar refractivity (Wildman–Crippen MR) is 116 cm³/mol. The normalized spacial score (nSPS) is 10.9. The number of aromatic nitrogens is 2. The fourth-order valence-corrected chi connectivity index (χ4v) is 3.92. The number of carbonyl (C=O) groups is 1. The molecule has 152 valence electrons. The highest BCUT2D eigenvalue weighted by atomic mass is 32.1. The molecule has 1 N–H and O–H groups in total. The Kier molecular flexibility index (Phi) is 5.58. The van der Waals surface area contributed by atoms with Gasteiger partial charge in [-0.2, -0.15) is 0 Å². The minimum Gasteiger partial charge on any atom is -0.496 e. The molecule has 0 fully saturated rings. The third-order valence-corrected chi connectivity index (χ3v) is 5.44. The van der Waals surface area contributed by atoms with Crippen LogP contribution in [0.2, 0.25) is 0 Å². The second kappa shape index (κ2) is 8.46. The third kappa shape index (κ3) is 4.23. The van der Waals surface area contributed by atoms with E-state index in [9.17, 15) is 9.59 Å². The molecule has 8 heteroatoms.